The minimum atomic E-state index is -0.467. The van der Waals surface area contributed by atoms with Gasteiger partial charge in [0.1, 0.15) is 0 Å². The van der Waals surface area contributed by atoms with Crippen LogP contribution in [0.15, 0.2) is 24.3 Å². The molecule has 134 valence electrons. The second-order valence-corrected chi connectivity index (χ2v) is 6.66. The van der Waals surface area contributed by atoms with Crippen LogP contribution in [-0.2, 0) is 11.3 Å². The minimum Gasteiger partial charge on any atom is -0.366 e. The van der Waals surface area contributed by atoms with Crippen LogP contribution in [0.1, 0.15) is 35.2 Å². The third kappa shape index (κ3) is 4.49. The van der Waals surface area contributed by atoms with E-state index in [1.54, 1.807) is 29.2 Å². The first-order valence-corrected chi connectivity index (χ1v) is 8.75. The number of hydrogen-bond donors (Lipinski definition) is 2. The first kappa shape index (κ1) is 17.3. The lowest BCUT2D eigenvalue weighted by Crippen LogP contribution is -2.42. The monoisotopic (exact) mass is 344 g/mol. The molecule has 4 amide bonds. The van der Waals surface area contributed by atoms with E-state index in [0.717, 1.165) is 31.4 Å². The quantitative estimate of drug-likeness (QED) is 0.851. The maximum atomic E-state index is 12.4. The molecule has 2 fully saturated rings. The highest BCUT2D eigenvalue weighted by atomic mass is 16.2. The van der Waals surface area contributed by atoms with Crippen molar-refractivity contribution in [3.63, 3.8) is 0 Å². The summed E-state index contributed by atoms with van der Waals surface area (Å²) in [5.41, 5.74) is 6.56. The van der Waals surface area contributed by atoms with E-state index in [0.29, 0.717) is 31.7 Å². The average Bonchev–Trinajstić information content (AvgIpc) is 3.45. The fourth-order valence-corrected chi connectivity index (χ4v) is 3.01. The van der Waals surface area contributed by atoms with Crippen molar-refractivity contribution in [2.45, 2.75) is 25.8 Å². The van der Waals surface area contributed by atoms with Gasteiger partial charge in [0.15, 0.2) is 0 Å². The predicted molar refractivity (Wildman–Crippen MR) is 92.7 cm³/mol. The van der Waals surface area contributed by atoms with Gasteiger partial charge in [-0.15, -0.1) is 0 Å². The van der Waals surface area contributed by atoms with Gasteiger partial charge in [-0.2, -0.15) is 0 Å². The fourth-order valence-electron chi connectivity index (χ4n) is 3.01. The van der Waals surface area contributed by atoms with Crippen molar-refractivity contribution >= 4 is 17.8 Å². The summed E-state index contributed by atoms with van der Waals surface area (Å²) in [5, 5.41) is 2.89. The van der Waals surface area contributed by atoms with Crippen molar-refractivity contribution in [3.05, 3.63) is 35.4 Å². The zero-order valence-corrected chi connectivity index (χ0v) is 14.2. The van der Waals surface area contributed by atoms with Gasteiger partial charge in [-0.3, -0.25) is 9.59 Å². The summed E-state index contributed by atoms with van der Waals surface area (Å²) in [6.07, 6.45) is 2.82. The van der Waals surface area contributed by atoms with Gasteiger partial charge in [-0.1, -0.05) is 12.1 Å². The number of carbonyl (C=O) groups excluding carboxylic acids is 3. The molecule has 1 aromatic rings. The number of benzene rings is 1. The molecule has 7 heteroatoms. The van der Waals surface area contributed by atoms with E-state index < -0.39 is 5.91 Å². The number of rotatable bonds is 4. The molecule has 0 spiro atoms. The van der Waals surface area contributed by atoms with E-state index in [2.05, 4.69) is 5.32 Å². The maximum absolute atomic E-state index is 12.4. The summed E-state index contributed by atoms with van der Waals surface area (Å²) >= 11 is 0. The molecule has 1 aromatic carbocycles. The van der Waals surface area contributed by atoms with E-state index in [1.165, 1.54) is 0 Å². The van der Waals surface area contributed by atoms with Crippen LogP contribution in [-0.4, -0.2) is 53.8 Å². The second-order valence-electron chi connectivity index (χ2n) is 6.66. The van der Waals surface area contributed by atoms with E-state index in [-0.39, 0.29) is 17.9 Å². The first-order valence-electron chi connectivity index (χ1n) is 8.75. The van der Waals surface area contributed by atoms with Gasteiger partial charge >= 0.3 is 6.03 Å². The van der Waals surface area contributed by atoms with E-state index in [1.807, 2.05) is 4.90 Å². The van der Waals surface area contributed by atoms with Gasteiger partial charge in [0.2, 0.25) is 11.8 Å². The maximum Gasteiger partial charge on any atom is 0.317 e. The summed E-state index contributed by atoms with van der Waals surface area (Å²) in [6, 6.07) is 6.73. The molecule has 0 bridgehead atoms. The Morgan fingerprint density at radius 2 is 1.64 bits per heavy atom. The highest BCUT2D eigenvalue weighted by Crippen LogP contribution is 2.31. The Kier molecular flexibility index (Phi) is 5.21. The van der Waals surface area contributed by atoms with Crippen LogP contribution < -0.4 is 11.1 Å². The van der Waals surface area contributed by atoms with Crippen LogP contribution in [0.4, 0.5) is 4.79 Å². The zero-order valence-electron chi connectivity index (χ0n) is 14.2. The van der Waals surface area contributed by atoms with Crippen molar-refractivity contribution in [3.8, 4) is 0 Å². The molecule has 1 saturated carbocycles. The second kappa shape index (κ2) is 7.55. The van der Waals surface area contributed by atoms with Crippen LogP contribution in [0.2, 0.25) is 0 Å². The smallest absolute Gasteiger partial charge is 0.317 e. The number of nitrogens with zero attached hydrogens (tertiary/aromatic N) is 2. The number of nitrogens with two attached hydrogens (primary N) is 1. The number of hydrogen-bond acceptors (Lipinski definition) is 3. The lowest BCUT2D eigenvalue weighted by Gasteiger charge is -2.22. The summed E-state index contributed by atoms with van der Waals surface area (Å²) < 4.78 is 0. The number of urea groups is 1. The van der Waals surface area contributed by atoms with E-state index in [9.17, 15) is 14.4 Å². The molecule has 1 saturated heterocycles. The third-order valence-corrected chi connectivity index (χ3v) is 4.70. The molecule has 0 unspecified atom stereocenters. The Bertz CT molecular complexity index is 655. The van der Waals surface area contributed by atoms with Crippen LogP contribution in [0, 0.1) is 5.92 Å². The van der Waals surface area contributed by atoms with Crippen LogP contribution in [0.5, 0.6) is 0 Å². The van der Waals surface area contributed by atoms with Crippen molar-refractivity contribution < 1.29 is 14.4 Å². The molecule has 25 heavy (non-hydrogen) atoms. The van der Waals surface area contributed by atoms with Gasteiger partial charge in [-0.05, 0) is 37.0 Å². The van der Waals surface area contributed by atoms with Crippen LogP contribution in [0.3, 0.4) is 0 Å². The normalized spacial score (nSPS) is 17.8. The lowest BCUT2D eigenvalue weighted by atomic mass is 10.1. The summed E-state index contributed by atoms with van der Waals surface area (Å²) in [5.74, 6) is 0.00556. The van der Waals surface area contributed by atoms with Crippen LogP contribution in [0.25, 0.3) is 0 Å². The van der Waals surface area contributed by atoms with Crippen molar-refractivity contribution in [2.24, 2.45) is 11.7 Å². The molecule has 0 radical (unpaired) electrons. The molecular formula is C18H24N4O3. The first-order chi connectivity index (χ1) is 12.0. The lowest BCUT2D eigenvalue weighted by molar-refractivity contribution is -0.132. The van der Waals surface area contributed by atoms with Crippen molar-refractivity contribution in [2.75, 3.05) is 26.2 Å². The van der Waals surface area contributed by atoms with Crippen molar-refractivity contribution in [1.29, 1.82) is 0 Å². The SMILES string of the molecule is NC(=O)c1ccc(CNC(=O)N2CCCN(C(=O)C3CC3)CC2)cc1. The standard InChI is InChI=1S/C18H24N4O3/c19-16(23)14-4-2-13(3-5-14)12-20-18(25)22-9-1-8-21(10-11-22)17(24)15-6-7-15/h2-5,15H,1,6-12H2,(H2,19,23)(H,20,25). The van der Waals surface area contributed by atoms with Gasteiger partial charge in [0.25, 0.3) is 0 Å². The summed E-state index contributed by atoms with van der Waals surface area (Å²) in [4.78, 5) is 39.2. The average molecular weight is 344 g/mol. The summed E-state index contributed by atoms with van der Waals surface area (Å²) in [7, 11) is 0. The Morgan fingerprint density at radius 3 is 2.28 bits per heavy atom. The van der Waals surface area contributed by atoms with Gasteiger partial charge in [0.05, 0.1) is 0 Å². The Hall–Kier alpha value is -2.57. The predicted octanol–water partition coefficient (Wildman–Crippen LogP) is 0.939. The van der Waals surface area contributed by atoms with Crippen molar-refractivity contribution in [1.82, 2.24) is 15.1 Å². The Balaban J connectivity index is 1.47. The third-order valence-electron chi connectivity index (χ3n) is 4.70. The Labute approximate surface area is 147 Å². The molecule has 7 nitrogen and oxygen atoms in total. The number of amides is 4. The van der Waals surface area contributed by atoms with Gasteiger partial charge in [-0.25, -0.2) is 4.79 Å². The molecule has 1 heterocycles. The number of carbonyl (C=O) groups is 3. The molecule has 3 N–H and O–H groups in total. The number of nitrogens with one attached hydrogen (secondary N) is 1. The minimum absolute atomic E-state index is 0.125. The highest BCUT2D eigenvalue weighted by molar-refractivity contribution is 5.92. The largest absolute Gasteiger partial charge is 0.366 e. The molecule has 1 aliphatic heterocycles. The molecule has 1 aliphatic carbocycles. The Morgan fingerprint density at radius 1 is 1.00 bits per heavy atom. The fraction of sp³-hybridized carbons (Fsp3) is 0.500. The van der Waals surface area contributed by atoms with Gasteiger partial charge < -0.3 is 20.9 Å². The highest BCUT2D eigenvalue weighted by Gasteiger charge is 2.34. The van der Waals surface area contributed by atoms with E-state index >= 15 is 0 Å². The molecule has 2 aliphatic rings. The molecule has 0 atom stereocenters. The molecular weight excluding hydrogens is 320 g/mol. The van der Waals surface area contributed by atoms with Gasteiger partial charge in [0, 0.05) is 44.2 Å². The molecule has 3 rings (SSSR count). The van der Waals surface area contributed by atoms with E-state index in [4.69, 9.17) is 5.73 Å². The molecule has 0 aromatic heterocycles. The topological polar surface area (TPSA) is 95.7 Å². The van der Waals surface area contributed by atoms with Crippen LogP contribution >= 0.6 is 0 Å². The zero-order chi connectivity index (χ0) is 17.8. The summed E-state index contributed by atoms with van der Waals surface area (Å²) in [6.45, 7) is 2.94. The number of primary amides is 1.